The quantitative estimate of drug-likeness (QED) is 0.830. The largest absolute Gasteiger partial charge is 0.493 e. The average Bonchev–Trinajstić information content (AvgIpc) is 2.28. The second kappa shape index (κ2) is 6.18. The predicted molar refractivity (Wildman–Crippen MR) is 66.8 cm³/mol. The SMILES string of the molecule is CCOc1ccc(/C=C/C(C)N)cc1OC. The number of methoxy groups -OCH3 is 1. The third-order valence-corrected chi connectivity index (χ3v) is 2.08. The van der Waals surface area contributed by atoms with Gasteiger partial charge in [-0.2, -0.15) is 0 Å². The summed E-state index contributed by atoms with van der Waals surface area (Å²) in [5.41, 5.74) is 6.70. The summed E-state index contributed by atoms with van der Waals surface area (Å²) < 4.78 is 10.7. The molecule has 0 radical (unpaired) electrons. The zero-order chi connectivity index (χ0) is 12.0. The summed E-state index contributed by atoms with van der Waals surface area (Å²) in [6, 6.07) is 5.87. The molecule has 0 aromatic heterocycles. The highest BCUT2D eigenvalue weighted by atomic mass is 16.5. The van der Waals surface area contributed by atoms with Gasteiger partial charge in [0.2, 0.25) is 0 Å². The number of hydrogen-bond acceptors (Lipinski definition) is 3. The first-order chi connectivity index (χ1) is 7.67. The third kappa shape index (κ3) is 3.59. The van der Waals surface area contributed by atoms with E-state index in [1.54, 1.807) is 7.11 Å². The van der Waals surface area contributed by atoms with Gasteiger partial charge in [0, 0.05) is 6.04 Å². The van der Waals surface area contributed by atoms with Gasteiger partial charge in [0.1, 0.15) is 0 Å². The maximum Gasteiger partial charge on any atom is 0.161 e. The van der Waals surface area contributed by atoms with Crippen LogP contribution >= 0.6 is 0 Å². The normalized spacial score (nSPS) is 12.8. The van der Waals surface area contributed by atoms with Crippen LogP contribution in [-0.4, -0.2) is 19.8 Å². The topological polar surface area (TPSA) is 44.5 Å². The number of ether oxygens (including phenoxy) is 2. The van der Waals surface area contributed by atoms with Crippen molar-refractivity contribution >= 4 is 6.08 Å². The Bertz CT molecular complexity index is 359. The highest BCUT2D eigenvalue weighted by molar-refractivity contribution is 5.56. The highest BCUT2D eigenvalue weighted by Gasteiger charge is 2.03. The molecule has 1 atom stereocenters. The third-order valence-electron chi connectivity index (χ3n) is 2.08. The Labute approximate surface area is 96.9 Å². The summed E-state index contributed by atoms with van der Waals surface area (Å²) >= 11 is 0. The van der Waals surface area contributed by atoms with E-state index in [0.717, 1.165) is 17.1 Å². The van der Waals surface area contributed by atoms with Crippen molar-refractivity contribution in [2.75, 3.05) is 13.7 Å². The van der Waals surface area contributed by atoms with Gasteiger partial charge in [-0.1, -0.05) is 18.2 Å². The molecule has 1 aromatic carbocycles. The second-order valence-electron chi connectivity index (χ2n) is 3.56. The Morgan fingerprint density at radius 3 is 2.69 bits per heavy atom. The van der Waals surface area contributed by atoms with Gasteiger partial charge < -0.3 is 15.2 Å². The average molecular weight is 221 g/mol. The van der Waals surface area contributed by atoms with Gasteiger partial charge in [-0.25, -0.2) is 0 Å². The number of nitrogens with two attached hydrogens (primary N) is 1. The van der Waals surface area contributed by atoms with Crippen LogP contribution in [0.4, 0.5) is 0 Å². The zero-order valence-corrected chi connectivity index (χ0v) is 10.1. The first-order valence-corrected chi connectivity index (χ1v) is 5.42. The summed E-state index contributed by atoms with van der Waals surface area (Å²) in [4.78, 5) is 0. The lowest BCUT2D eigenvalue weighted by atomic mass is 10.1. The van der Waals surface area contributed by atoms with Crippen LogP contribution in [0, 0.1) is 0 Å². The lowest BCUT2D eigenvalue weighted by Crippen LogP contribution is -2.09. The van der Waals surface area contributed by atoms with E-state index in [1.165, 1.54) is 0 Å². The molecule has 0 aliphatic rings. The minimum Gasteiger partial charge on any atom is -0.493 e. The van der Waals surface area contributed by atoms with Crippen LogP contribution in [0.1, 0.15) is 19.4 Å². The highest BCUT2D eigenvalue weighted by Crippen LogP contribution is 2.28. The molecule has 0 bridgehead atoms. The van der Waals surface area contributed by atoms with Crippen LogP contribution in [0.25, 0.3) is 6.08 Å². The summed E-state index contributed by atoms with van der Waals surface area (Å²) in [6.07, 6.45) is 3.91. The molecule has 88 valence electrons. The fourth-order valence-electron chi connectivity index (χ4n) is 1.33. The maximum absolute atomic E-state index is 5.65. The zero-order valence-electron chi connectivity index (χ0n) is 10.1. The molecule has 2 N–H and O–H groups in total. The van der Waals surface area contributed by atoms with Gasteiger partial charge in [0.05, 0.1) is 13.7 Å². The molecule has 0 aliphatic heterocycles. The van der Waals surface area contributed by atoms with Crippen molar-refractivity contribution in [2.24, 2.45) is 5.73 Å². The molecule has 1 unspecified atom stereocenters. The van der Waals surface area contributed by atoms with E-state index in [9.17, 15) is 0 Å². The number of hydrogen-bond donors (Lipinski definition) is 1. The van der Waals surface area contributed by atoms with E-state index >= 15 is 0 Å². The van der Waals surface area contributed by atoms with Gasteiger partial charge in [0.15, 0.2) is 11.5 Å². The van der Waals surface area contributed by atoms with Crippen molar-refractivity contribution in [1.29, 1.82) is 0 Å². The molecule has 3 heteroatoms. The molecule has 0 saturated carbocycles. The fraction of sp³-hybridized carbons (Fsp3) is 0.385. The van der Waals surface area contributed by atoms with E-state index in [4.69, 9.17) is 15.2 Å². The van der Waals surface area contributed by atoms with E-state index in [1.807, 2.05) is 44.2 Å². The van der Waals surface area contributed by atoms with Gasteiger partial charge in [-0.3, -0.25) is 0 Å². The van der Waals surface area contributed by atoms with Crippen molar-refractivity contribution in [3.63, 3.8) is 0 Å². The van der Waals surface area contributed by atoms with Gasteiger partial charge in [0.25, 0.3) is 0 Å². The molecule has 1 aromatic rings. The second-order valence-corrected chi connectivity index (χ2v) is 3.56. The monoisotopic (exact) mass is 221 g/mol. The summed E-state index contributed by atoms with van der Waals surface area (Å²) in [6.45, 7) is 4.51. The summed E-state index contributed by atoms with van der Waals surface area (Å²) in [5, 5.41) is 0. The van der Waals surface area contributed by atoms with Crippen molar-refractivity contribution in [1.82, 2.24) is 0 Å². The van der Waals surface area contributed by atoms with Crippen LogP contribution in [0.3, 0.4) is 0 Å². The van der Waals surface area contributed by atoms with E-state index in [0.29, 0.717) is 6.61 Å². The minimum atomic E-state index is 0.0533. The standard InChI is InChI=1S/C13H19NO2/c1-4-16-12-8-7-11(6-5-10(2)14)9-13(12)15-3/h5-10H,4,14H2,1-3H3/b6-5+. The van der Waals surface area contributed by atoms with Crippen LogP contribution in [0.5, 0.6) is 11.5 Å². The predicted octanol–water partition coefficient (Wildman–Crippen LogP) is 2.45. The van der Waals surface area contributed by atoms with Crippen LogP contribution in [0.2, 0.25) is 0 Å². The smallest absolute Gasteiger partial charge is 0.161 e. The van der Waals surface area contributed by atoms with Crippen molar-refractivity contribution < 1.29 is 9.47 Å². The first kappa shape index (κ1) is 12.6. The van der Waals surface area contributed by atoms with Crippen molar-refractivity contribution in [2.45, 2.75) is 19.9 Å². The molecule has 0 fully saturated rings. The molecule has 0 aliphatic carbocycles. The first-order valence-electron chi connectivity index (χ1n) is 5.42. The Balaban J connectivity index is 2.90. The molecule has 3 nitrogen and oxygen atoms in total. The van der Waals surface area contributed by atoms with Gasteiger partial charge >= 0.3 is 0 Å². The molecule has 16 heavy (non-hydrogen) atoms. The Morgan fingerprint density at radius 2 is 2.12 bits per heavy atom. The van der Waals surface area contributed by atoms with E-state index in [2.05, 4.69) is 0 Å². The molecule has 0 spiro atoms. The fourth-order valence-corrected chi connectivity index (χ4v) is 1.33. The van der Waals surface area contributed by atoms with E-state index < -0.39 is 0 Å². The van der Waals surface area contributed by atoms with Crippen LogP contribution in [0.15, 0.2) is 24.3 Å². The molecule has 0 saturated heterocycles. The Hall–Kier alpha value is -1.48. The number of benzene rings is 1. The Kier molecular flexibility index (Phi) is 4.86. The van der Waals surface area contributed by atoms with E-state index in [-0.39, 0.29) is 6.04 Å². The molecule has 1 rings (SSSR count). The molecule has 0 heterocycles. The van der Waals surface area contributed by atoms with Crippen molar-refractivity contribution in [3.8, 4) is 11.5 Å². The summed E-state index contributed by atoms with van der Waals surface area (Å²) in [5.74, 6) is 1.51. The molecular formula is C13H19NO2. The maximum atomic E-state index is 5.65. The Morgan fingerprint density at radius 1 is 1.38 bits per heavy atom. The molecular weight excluding hydrogens is 202 g/mol. The minimum absolute atomic E-state index is 0.0533. The molecule has 0 amide bonds. The number of rotatable bonds is 5. The van der Waals surface area contributed by atoms with Crippen LogP contribution < -0.4 is 15.2 Å². The lowest BCUT2D eigenvalue weighted by molar-refractivity contribution is 0.311. The van der Waals surface area contributed by atoms with Crippen molar-refractivity contribution in [3.05, 3.63) is 29.8 Å². The van der Waals surface area contributed by atoms with Crippen LogP contribution in [-0.2, 0) is 0 Å². The summed E-state index contributed by atoms with van der Waals surface area (Å²) in [7, 11) is 1.64. The lowest BCUT2D eigenvalue weighted by Gasteiger charge is -2.09. The van der Waals surface area contributed by atoms with Gasteiger partial charge in [-0.05, 0) is 31.5 Å². The van der Waals surface area contributed by atoms with Gasteiger partial charge in [-0.15, -0.1) is 0 Å².